The van der Waals surface area contributed by atoms with Crippen LogP contribution in [0, 0.1) is 0 Å². The predicted octanol–water partition coefficient (Wildman–Crippen LogP) is 6.84. The van der Waals surface area contributed by atoms with E-state index in [1.54, 1.807) is 11.3 Å². The second-order valence-corrected chi connectivity index (χ2v) is 10.6. The summed E-state index contributed by atoms with van der Waals surface area (Å²) in [5.41, 5.74) is 8.50. The van der Waals surface area contributed by atoms with Gasteiger partial charge in [0.1, 0.15) is 0 Å². The van der Waals surface area contributed by atoms with Crippen molar-refractivity contribution < 1.29 is 0 Å². The predicted molar refractivity (Wildman–Crippen MR) is 152 cm³/mol. The van der Waals surface area contributed by atoms with E-state index >= 15 is 0 Å². The number of nitrogens with zero attached hydrogens (tertiary/aromatic N) is 3. The molecule has 6 rings (SSSR count). The number of fused-ring (bicyclic) bond motifs is 1. The topological polar surface area (TPSA) is 19.4 Å². The minimum absolute atomic E-state index is 0.348. The fourth-order valence-corrected chi connectivity index (χ4v) is 6.26. The Hall–Kier alpha value is -3.47. The highest BCUT2D eigenvalue weighted by Crippen LogP contribution is 2.32. The number of aromatic nitrogens is 1. The third kappa shape index (κ3) is 5.06. The van der Waals surface area contributed by atoms with Gasteiger partial charge in [-0.15, -0.1) is 11.3 Å². The molecule has 1 fully saturated rings. The van der Waals surface area contributed by atoms with Crippen molar-refractivity contribution in [1.82, 2.24) is 9.88 Å². The smallest absolute Gasteiger partial charge is 0.0832 e. The number of rotatable bonds is 7. The minimum atomic E-state index is 0.348. The number of hydrogen-bond donors (Lipinski definition) is 0. The highest BCUT2D eigenvalue weighted by molar-refractivity contribution is 7.16. The molecule has 5 aromatic rings. The Bertz CT molecular complexity index is 1380. The molecular weight excluding hydrogens is 458 g/mol. The van der Waals surface area contributed by atoms with Gasteiger partial charge in [-0.05, 0) is 47.7 Å². The first-order valence-electron chi connectivity index (χ1n) is 12.8. The maximum Gasteiger partial charge on any atom is 0.0832 e. The molecule has 0 bridgehead atoms. The van der Waals surface area contributed by atoms with Crippen LogP contribution in [0.4, 0.5) is 5.69 Å². The summed E-state index contributed by atoms with van der Waals surface area (Å²) in [4.78, 5) is 9.99. The Morgan fingerprint density at radius 1 is 0.667 bits per heavy atom. The van der Waals surface area contributed by atoms with Crippen LogP contribution >= 0.6 is 11.3 Å². The van der Waals surface area contributed by atoms with Crippen molar-refractivity contribution in [1.29, 1.82) is 0 Å². The van der Waals surface area contributed by atoms with Gasteiger partial charge in [-0.25, -0.2) is 4.98 Å². The standard InChI is InChI=1S/C32H31N3S/c1-4-10-25(11-5-1)20-30-31(21-26-12-6-2-7-13-26)35(28-16-17-32-29(22-28)33-24-36-32)19-18-34(30)23-27-14-8-3-9-15-27/h1-17,22,24,30-31H,18-21,23H2. The molecule has 1 aliphatic rings. The van der Waals surface area contributed by atoms with Crippen LogP contribution in [-0.2, 0) is 19.4 Å². The molecule has 3 nitrogen and oxygen atoms in total. The minimum Gasteiger partial charge on any atom is -0.365 e. The van der Waals surface area contributed by atoms with E-state index in [1.165, 1.54) is 27.1 Å². The summed E-state index contributed by atoms with van der Waals surface area (Å²) in [5, 5.41) is 0. The van der Waals surface area contributed by atoms with E-state index in [1.807, 2.05) is 5.51 Å². The third-order valence-electron chi connectivity index (χ3n) is 7.39. The summed E-state index contributed by atoms with van der Waals surface area (Å²) < 4.78 is 1.25. The third-order valence-corrected chi connectivity index (χ3v) is 8.20. The van der Waals surface area contributed by atoms with Gasteiger partial charge in [0.25, 0.3) is 0 Å². The van der Waals surface area contributed by atoms with E-state index in [0.717, 1.165) is 38.0 Å². The van der Waals surface area contributed by atoms with E-state index < -0.39 is 0 Å². The quantitative estimate of drug-likeness (QED) is 0.249. The summed E-state index contributed by atoms with van der Waals surface area (Å²) in [7, 11) is 0. The lowest BCUT2D eigenvalue weighted by molar-refractivity contribution is 0.130. The molecule has 0 amide bonds. The maximum absolute atomic E-state index is 4.62. The molecule has 1 saturated heterocycles. The fourth-order valence-electron chi connectivity index (χ4n) is 5.60. The second kappa shape index (κ2) is 10.7. The summed E-state index contributed by atoms with van der Waals surface area (Å²) in [6, 6.07) is 40.5. The van der Waals surface area contributed by atoms with Crippen molar-refractivity contribution in [3.05, 3.63) is 131 Å². The second-order valence-electron chi connectivity index (χ2n) is 9.67. The zero-order valence-corrected chi connectivity index (χ0v) is 21.2. The molecule has 1 aliphatic heterocycles. The molecule has 0 radical (unpaired) electrons. The molecule has 4 heteroatoms. The molecule has 0 spiro atoms. The van der Waals surface area contributed by atoms with Crippen molar-refractivity contribution in [3.8, 4) is 0 Å². The Balaban J connectivity index is 1.40. The normalized spacial score (nSPS) is 18.5. The van der Waals surface area contributed by atoms with E-state index in [4.69, 9.17) is 0 Å². The average Bonchev–Trinajstić information content (AvgIpc) is 3.40. The van der Waals surface area contributed by atoms with E-state index in [2.05, 4.69) is 124 Å². The monoisotopic (exact) mass is 489 g/mol. The molecule has 36 heavy (non-hydrogen) atoms. The average molecular weight is 490 g/mol. The number of thiazole rings is 1. The highest BCUT2D eigenvalue weighted by Gasteiger charge is 2.37. The van der Waals surface area contributed by atoms with Crippen LogP contribution in [0.5, 0.6) is 0 Å². The molecule has 0 aliphatic carbocycles. The van der Waals surface area contributed by atoms with Crippen molar-refractivity contribution in [2.45, 2.75) is 31.5 Å². The number of piperazine rings is 1. The van der Waals surface area contributed by atoms with Crippen LogP contribution in [0.2, 0.25) is 0 Å². The lowest BCUT2D eigenvalue weighted by atomic mass is 9.89. The molecule has 0 N–H and O–H groups in total. The molecule has 0 saturated carbocycles. The zero-order chi connectivity index (χ0) is 24.2. The Kier molecular flexibility index (Phi) is 6.79. The highest BCUT2D eigenvalue weighted by atomic mass is 32.1. The number of anilines is 1. The Morgan fingerprint density at radius 2 is 1.28 bits per heavy atom. The summed E-state index contributed by atoms with van der Waals surface area (Å²) in [5.74, 6) is 0. The van der Waals surface area contributed by atoms with Crippen LogP contribution in [-0.4, -0.2) is 35.1 Å². The van der Waals surface area contributed by atoms with E-state index in [-0.39, 0.29) is 0 Å². The van der Waals surface area contributed by atoms with Gasteiger partial charge < -0.3 is 4.90 Å². The summed E-state index contributed by atoms with van der Waals surface area (Å²) in [6.45, 7) is 3.01. The van der Waals surface area contributed by atoms with Crippen molar-refractivity contribution >= 4 is 27.2 Å². The molecule has 2 atom stereocenters. The molecule has 4 aromatic carbocycles. The van der Waals surface area contributed by atoms with Crippen LogP contribution in [0.3, 0.4) is 0 Å². The largest absolute Gasteiger partial charge is 0.365 e. The van der Waals surface area contributed by atoms with Gasteiger partial charge >= 0.3 is 0 Å². The molecular formula is C32H31N3S. The summed E-state index contributed by atoms with van der Waals surface area (Å²) >= 11 is 1.71. The lowest BCUT2D eigenvalue weighted by Crippen LogP contribution is -2.61. The summed E-state index contributed by atoms with van der Waals surface area (Å²) in [6.07, 6.45) is 2.04. The van der Waals surface area contributed by atoms with Gasteiger partial charge in [-0.1, -0.05) is 91.0 Å². The van der Waals surface area contributed by atoms with Crippen LogP contribution in [0.1, 0.15) is 16.7 Å². The lowest BCUT2D eigenvalue weighted by Gasteiger charge is -2.49. The maximum atomic E-state index is 4.62. The van der Waals surface area contributed by atoms with Crippen molar-refractivity contribution in [2.75, 3.05) is 18.0 Å². The van der Waals surface area contributed by atoms with Crippen LogP contribution in [0.25, 0.3) is 10.2 Å². The van der Waals surface area contributed by atoms with Crippen LogP contribution in [0.15, 0.2) is 115 Å². The van der Waals surface area contributed by atoms with Crippen molar-refractivity contribution in [3.63, 3.8) is 0 Å². The van der Waals surface area contributed by atoms with E-state index in [9.17, 15) is 0 Å². The van der Waals surface area contributed by atoms with Gasteiger partial charge in [0.2, 0.25) is 0 Å². The number of benzene rings is 4. The SMILES string of the molecule is c1ccc(CC2C(Cc3ccccc3)N(c3ccc4scnc4c3)CCN2Cc2ccccc2)cc1. The molecule has 2 unspecified atom stereocenters. The van der Waals surface area contributed by atoms with E-state index in [0.29, 0.717) is 12.1 Å². The fraction of sp³-hybridized carbons (Fsp3) is 0.219. The Labute approximate surface area is 217 Å². The Morgan fingerprint density at radius 3 is 1.94 bits per heavy atom. The zero-order valence-electron chi connectivity index (χ0n) is 20.4. The molecule has 1 aromatic heterocycles. The van der Waals surface area contributed by atoms with Gasteiger partial charge in [-0.2, -0.15) is 0 Å². The van der Waals surface area contributed by atoms with Crippen molar-refractivity contribution in [2.24, 2.45) is 0 Å². The first-order chi connectivity index (χ1) is 17.8. The van der Waals surface area contributed by atoms with Gasteiger partial charge in [0, 0.05) is 37.4 Å². The first-order valence-corrected chi connectivity index (χ1v) is 13.7. The van der Waals surface area contributed by atoms with Crippen LogP contribution < -0.4 is 4.90 Å². The van der Waals surface area contributed by atoms with Gasteiger partial charge in [-0.3, -0.25) is 4.90 Å². The van der Waals surface area contributed by atoms with Gasteiger partial charge in [0.15, 0.2) is 0 Å². The molecule has 2 heterocycles. The molecule has 180 valence electrons. The van der Waals surface area contributed by atoms with Gasteiger partial charge in [0.05, 0.1) is 15.7 Å². The first kappa shape index (κ1) is 23.0. The number of hydrogen-bond acceptors (Lipinski definition) is 4.